The molecule has 1 nitrogen and oxygen atoms in total. The summed E-state index contributed by atoms with van der Waals surface area (Å²) in [6.45, 7) is 2.28. The van der Waals surface area contributed by atoms with Crippen LogP contribution in [0.5, 0.6) is 5.75 Å². The Kier molecular flexibility index (Phi) is 11.4. The van der Waals surface area contributed by atoms with Gasteiger partial charge in [-0.05, 0) is 40.0 Å². The summed E-state index contributed by atoms with van der Waals surface area (Å²) in [6, 6.07) is 25.4. The van der Waals surface area contributed by atoms with Gasteiger partial charge in [-0.2, -0.15) is 11.8 Å². The van der Waals surface area contributed by atoms with E-state index in [1.165, 1.54) is 73.8 Å². The zero-order valence-corrected chi connectivity index (χ0v) is 21.1. The summed E-state index contributed by atoms with van der Waals surface area (Å²) in [7, 11) is 0. The van der Waals surface area contributed by atoms with Crippen LogP contribution in [0.3, 0.4) is 0 Å². The first kappa shape index (κ1) is 25.4. The van der Waals surface area contributed by atoms with E-state index in [4.69, 9.17) is 0 Å². The van der Waals surface area contributed by atoms with Crippen LogP contribution in [0, 0.1) is 0 Å². The number of rotatable bonds is 15. The lowest BCUT2D eigenvalue weighted by Crippen LogP contribution is -1.98. The molecule has 0 saturated heterocycles. The van der Waals surface area contributed by atoms with Gasteiger partial charge < -0.3 is 5.11 Å². The van der Waals surface area contributed by atoms with Crippen molar-refractivity contribution in [1.82, 2.24) is 0 Å². The lowest BCUT2D eigenvalue weighted by Gasteiger charge is -2.14. The summed E-state index contributed by atoms with van der Waals surface area (Å²) in [5, 5.41) is 11.1. The van der Waals surface area contributed by atoms with Gasteiger partial charge in [-0.25, -0.2) is 0 Å². The number of benzene rings is 3. The summed E-state index contributed by atoms with van der Waals surface area (Å²) >= 11 is 2.03. The van der Waals surface area contributed by atoms with Crippen molar-refractivity contribution in [3.8, 4) is 5.75 Å². The third-order valence-corrected chi connectivity index (χ3v) is 7.33. The quantitative estimate of drug-likeness (QED) is 0.228. The Hall–Kier alpha value is -2.19. The molecule has 33 heavy (non-hydrogen) atoms. The fourth-order valence-electron chi connectivity index (χ4n) is 4.34. The maximum atomic E-state index is 11.1. The molecule has 0 aliphatic rings. The van der Waals surface area contributed by atoms with E-state index in [2.05, 4.69) is 67.6 Å². The molecule has 0 fully saturated rings. The van der Waals surface area contributed by atoms with E-state index >= 15 is 0 Å². The molecule has 176 valence electrons. The summed E-state index contributed by atoms with van der Waals surface area (Å²) in [4.78, 5) is 0. The van der Waals surface area contributed by atoms with E-state index in [9.17, 15) is 5.11 Å². The van der Waals surface area contributed by atoms with Gasteiger partial charge in [0.25, 0.3) is 0 Å². The maximum absolute atomic E-state index is 11.1. The number of thioether (sulfide) groups is 1. The highest BCUT2D eigenvalue weighted by atomic mass is 32.2. The van der Waals surface area contributed by atoms with Gasteiger partial charge in [0.2, 0.25) is 0 Å². The number of hydrogen-bond acceptors (Lipinski definition) is 2. The first-order valence-corrected chi connectivity index (χ1v) is 13.9. The van der Waals surface area contributed by atoms with Crippen molar-refractivity contribution in [1.29, 1.82) is 0 Å². The second-order valence-electron chi connectivity index (χ2n) is 9.11. The molecule has 3 rings (SSSR count). The van der Waals surface area contributed by atoms with Crippen molar-refractivity contribution in [3.05, 3.63) is 101 Å². The minimum absolute atomic E-state index is 0.458. The molecular weight excluding hydrogens is 420 g/mol. The highest BCUT2D eigenvalue weighted by molar-refractivity contribution is 7.98. The summed E-state index contributed by atoms with van der Waals surface area (Å²) < 4.78 is 0. The molecule has 0 amide bonds. The topological polar surface area (TPSA) is 20.2 Å². The molecule has 3 aromatic carbocycles. The second kappa shape index (κ2) is 14.9. The summed E-state index contributed by atoms with van der Waals surface area (Å²) in [5.41, 5.74) is 5.88. The number of unbranched alkanes of at least 4 members (excludes halogenated alkanes) is 7. The van der Waals surface area contributed by atoms with E-state index < -0.39 is 0 Å². The number of aromatic hydroxyl groups is 1. The summed E-state index contributed by atoms with van der Waals surface area (Å²) in [6.07, 6.45) is 12.5. The van der Waals surface area contributed by atoms with Gasteiger partial charge in [0.15, 0.2) is 0 Å². The van der Waals surface area contributed by atoms with Gasteiger partial charge in [0.1, 0.15) is 5.75 Å². The first-order valence-electron chi connectivity index (χ1n) is 12.8. The average molecular weight is 461 g/mol. The van der Waals surface area contributed by atoms with Crippen LogP contribution in [-0.2, 0) is 18.6 Å². The Bertz CT molecular complexity index is 858. The Morgan fingerprint density at radius 1 is 0.606 bits per heavy atom. The van der Waals surface area contributed by atoms with Crippen molar-refractivity contribution in [2.75, 3.05) is 5.75 Å². The lowest BCUT2D eigenvalue weighted by molar-refractivity contribution is 0.463. The number of phenolic OH excluding ortho intramolecular Hbond substituents is 1. The van der Waals surface area contributed by atoms with Crippen LogP contribution in [0.15, 0.2) is 72.8 Å². The van der Waals surface area contributed by atoms with Crippen LogP contribution in [0.4, 0.5) is 0 Å². The molecule has 0 atom stereocenters. The Balaban J connectivity index is 1.58. The third-order valence-electron chi connectivity index (χ3n) is 6.21. The molecule has 2 heteroatoms. The maximum Gasteiger partial charge on any atom is 0.122 e. The Morgan fingerprint density at radius 3 is 1.61 bits per heavy atom. The first-order chi connectivity index (χ1) is 16.3. The van der Waals surface area contributed by atoms with Crippen LogP contribution in [0.25, 0.3) is 0 Å². The van der Waals surface area contributed by atoms with E-state index in [1.807, 2.05) is 23.9 Å². The van der Waals surface area contributed by atoms with Crippen LogP contribution in [0.1, 0.15) is 86.1 Å². The van der Waals surface area contributed by atoms with Gasteiger partial charge in [-0.15, -0.1) is 0 Å². The molecular formula is C31H40OS. The van der Waals surface area contributed by atoms with Crippen LogP contribution >= 0.6 is 11.8 Å². The predicted molar refractivity (Wildman–Crippen MR) is 145 cm³/mol. The minimum Gasteiger partial charge on any atom is -0.507 e. The van der Waals surface area contributed by atoms with E-state index in [1.54, 1.807) is 0 Å². The van der Waals surface area contributed by atoms with Crippen molar-refractivity contribution < 1.29 is 5.11 Å². The molecule has 0 heterocycles. The molecule has 0 unspecified atom stereocenters. The van der Waals surface area contributed by atoms with Crippen LogP contribution in [-0.4, -0.2) is 10.9 Å². The molecule has 0 bridgehead atoms. The van der Waals surface area contributed by atoms with Gasteiger partial charge >= 0.3 is 0 Å². The van der Waals surface area contributed by atoms with E-state index in [0.717, 1.165) is 29.7 Å². The van der Waals surface area contributed by atoms with Crippen molar-refractivity contribution in [2.45, 2.75) is 76.9 Å². The van der Waals surface area contributed by atoms with Gasteiger partial charge in [-0.3, -0.25) is 0 Å². The molecule has 0 saturated carbocycles. The Morgan fingerprint density at radius 2 is 1.09 bits per heavy atom. The van der Waals surface area contributed by atoms with Gasteiger partial charge in [-0.1, -0.05) is 125 Å². The second-order valence-corrected chi connectivity index (χ2v) is 10.2. The summed E-state index contributed by atoms with van der Waals surface area (Å²) in [5.74, 6) is 2.69. The predicted octanol–water partition coefficient (Wildman–Crippen LogP) is 8.95. The molecule has 0 aliphatic heterocycles. The standard InChI is InChI=1S/C31H40OS/c1-2-3-4-5-6-7-8-15-20-33-25-28-23-29(21-26-16-11-9-12-17-26)31(32)30(24-28)22-27-18-13-10-14-19-27/h9-14,16-19,23-24,32H,2-8,15,20-22,25H2,1H3. The minimum atomic E-state index is 0.458. The molecule has 3 aromatic rings. The normalized spacial score (nSPS) is 11.1. The highest BCUT2D eigenvalue weighted by Gasteiger charge is 2.12. The zero-order valence-electron chi connectivity index (χ0n) is 20.3. The van der Waals surface area contributed by atoms with Gasteiger partial charge in [0, 0.05) is 18.6 Å². The monoisotopic (exact) mass is 460 g/mol. The van der Waals surface area contributed by atoms with E-state index in [0.29, 0.717) is 5.75 Å². The van der Waals surface area contributed by atoms with Crippen LogP contribution in [0.2, 0.25) is 0 Å². The lowest BCUT2D eigenvalue weighted by atomic mass is 9.95. The van der Waals surface area contributed by atoms with Crippen LogP contribution < -0.4 is 0 Å². The zero-order chi connectivity index (χ0) is 23.1. The molecule has 0 aliphatic carbocycles. The Labute approximate surface area is 205 Å². The molecule has 0 aromatic heterocycles. The highest BCUT2D eigenvalue weighted by Crippen LogP contribution is 2.30. The van der Waals surface area contributed by atoms with Crippen molar-refractivity contribution in [2.24, 2.45) is 0 Å². The van der Waals surface area contributed by atoms with Crippen molar-refractivity contribution >= 4 is 11.8 Å². The smallest absolute Gasteiger partial charge is 0.122 e. The fourth-order valence-corrected chi connectivity index (χ4v) is 5.30. The van der Waals surface area contributed by atoms with Gasteiger partial charge in [0.05, 0.1) is 0 Å². The SMILES string of the molecule is CCCCCCCCCCSCc1cc(Cc2ccccc2)c(O)c(Cc2ccccc2)c1. The molecule has 0 radical (unpaired) electrons. The average Bonchev–Trinajstić information content (AvgIpc) is 2.84. The third kappa shape index (κ3) is 9.29. The molecule has 0 spiro atoms. The number of hydrogen-bond donors (Lipinski definition) is 1. The molecule has 1 N–H and O–H groups in total. The van der Waals surface area contributed by atoms with Crippen molar-refractivity contribution in [3.63, 3.8) is 0 Å². The number of phenols is 1. The van der Waals surface area contributed by atoms with E-state index in [-0.39, 0.29) is 0 Å². The largest absolute Gasteiger partial charge is 0.507 e. The fraction of sp³-hybridized carbons (Fsp3) is 0.419.